The van der Waals surface area contributed by atoms with E-state index in [-0.39, 0.29) is 11.8 Å². The van der Waals surface area contributed by atoms with Crippen LogP contribution in [0.25, 0.3) is 0 Å². The Kier molecular flexibility index (Phi) is 10.1. The van der Waals surface area contributed by atoms with Crippen LogP contribution in [0.4, 0.5) is 0 Å². The molecule has 0 heterocycles. The van der Waals surface area contributed by atoms with E-state index in [1.54, 1.807) is 36.4 Å². The van der Waals surface area contributed by atoms with Crippen LogP contribution in [-0.2, 0) is 0 Å². The van der Waals surface area contributed by atoms with Crippen LogP contribution < -0.4 is 10.6 Å². The third-order valence-electron chi connectivity index (χ3n) is 4.27. The van der Waals surface area contributed by atoms with Crippen LogP contribution in [-0.4, -0.2) is 24.9 Å². The van der Waals surface area contributed by atoms with Gasteiger partial charge in [0.2, 0.25) is 0 Å². The van der Waals surface area contributed by atoms with E-state index in [1.165, 1.54) is 0 Å². The van der Waals surface area contributed by atoms with Crippen molar-refractivity contribution in [2.24, 2.45) is 0 Å². The third-order valence-corrected chi connectivity index (χ3v) is 5.40. The van der Waals surface area contributed by atoms with E-state index < -0.39 is 0 Å². The highest BCUT2D eigenvalue weighted by Crippen LogP contribution is 2.21. The maximum atomic E-state index is 12.1. The Labute approximate surface area is 190 Å². The molecule has 2 aromatic rings. The number of amides is 2. The van der Waals surface area contributed by atoms with Crippen LogP contribution in [0.2, 0.25) is 20.1 Å². The van der Waals surface area contributed by atoms with Crippen LogP contribution in [0.5, 0.6) is 0 Å². The number of unbranched alkanes of at least 4 members (excludes halogenated alkanes) is 4. The largest absolute Gasteiger partial charge is 0.352 e. The molecule has 0 radical (unpaired) electrons. The molecule has 2 amide bonds. The van der Waals surface area contributed by atoms with Crippen molar-refractivity contribution in [1.82, 2.24) is 10.6 Å². The van der Waals surface area contributed by atoms with Crippen molar-refractivity contribution in [1.29, 1.82) is 0 Å². The van der Waals surface area contributed by atoms with Crippen molar-refractivity contribution in [3.8, 4) is 0 Å². The van der Waals surface area contributed by atoms with Gasteiger partial charge in [-0.05, 0) is 49.2 Å². The SMILES string of the molecule is O=C(NCCCCCCCNC(=O)c1cc(Cl)ccc1Cl)c1cc(Cl)ccc1Cl. The first-order valence-corrected chi connectivity index (χ1v) is 10.9. The lowest BCUT2D eigenvalue weighted by atomic mass is 10.1. The molecule has 2 N–H and O–H groups in total. The molecule has 4 nitrogen and oxygen atoms in total. The number of rotatable bonds is 10. The maximum Gasteiger partial charge on any atom is 0.252 e. The minimum atomic E-state index is -0.222. The summed E-state index contributed by atoms with van der Waals surface area (Å²) in [5, 5.41) is 7.42. The fraction of sp³-hybridized carbons (Fsp3) is 0.333. The fourth-order valence-electron chi connectivity index (χ4n) is 2.72. The van der Waals surface area contributed by atoms with Gasteiger partial charge in [-0.25, -0.2) is 0 Å². The van der Waals surface area contributed by atoms with Crippen LogP contribution in [0, 0.1) is 0 Å². The molecule has 0 aliphatic heterocycles. The molecule has 0 saturated heterocycles. The summed E-state index contributed by atoms with van der Waals surface area (Å²) in [4.78, 5) is 24.2. The second kappa shape index (κ2) is 12.3. The van der Waals surface area contributed by atoms with Crippen LogP contribution in [0.3, 0.4) is 0 Å². The zero-order valence-corrected chi connectivity index (χ0v) is 18.8. The van der Waals surface area contributed by atoms with Gasteiger partial charge >= 0.3 is 0 Å². The molecule has 2 aromatic carbocycles. The summed E-state index contributed by atoms with van der Waals surface area (Å²) < 4.78 is 0. The number of hydrogen-bond acceptors (Lipinski definition) is 2. The monoisotopic (exact) mass is 474 g/mol. The Morgan fingerprint density at radius 3 is 1.41 bits per heavy atom. The second-order valence-corrected chi connectivity index (χ2v) is 8.22. The summed E-state index contributed by atoms with van der Waals surface area (Å²) >= 11 is 23.8. The minimum Gasteiger partial charge on any atom is -0.352 e. The number of benzene rings is 2. The average Bonchev–Trinajstić information content (AvgIpc) is 2.69. The van der Waals surface area contributed by atoms with Crippen LogP contribution in [0.1, 0.15) is 52.8 Å². The molecule has 0 saturated carbocycles. The summed E-state index contributed by atoms with van der Waals surface area (Å²) in [6, 6.07) is 9.63. The fourth-order valence-corrected chi connectivity index (χ4v) is 3.47. The van der Waals surface area contributed by atoms with Crippen molar-refractivity contribution in [2.45, 2.75) is 32.1 Å². The van der Waals surface area contributed by atoms with Crippen molar-refractivity contribution in [3.63, 3.8) is 0 Å². The van der Waals surface area contributed by atoms with Gasteiger partial charge in [-0.15, -0.1) is 0 Å². The van der Waals surface area contributed by atoms with Crippen molar-refractivity contribution >= 4 is 58.2 Å². The Morgan fingerprint density at radius 2 is 1.00 bits per heavy atom. The predicted octanol–water partition coefficient (Wildman–Crippen LogP) is 6.41. The molecule has 29 heavy (non-hydrogen) atoms. The minimum absolute atomic E-state index is 0.222. The summed E-state index contributed by atoms with van der Waals surface area (Å²) in [7, 11) is 0. The standard InChI is InChI=1S/C21H22Cl4N2O2/c22-14-6-8-18(24)16(12-14)20(28)26-10-4-2-1-3-5-11-27-21(29)17-13-15(23)7-9-19(17)25/h6-9,12-13H,1-5,10-11H2,(H,26,28)(H,27,29). The summed E-state index contributed by atoms with van der Waals surface area (Å²) in [5.41, 5.74) is 0.768. The maximum absolute atomic E-state index is 12.1. The summed E-state index contributed by atoms with van der Waals surface area (Å²) in [6.07, 6.45) is 4.72. The quantitative estimate of drug-likeness (QED) is 0.390. The molecular weight excluding hydrogens is 454 g/mol. The molecule has 0 bridgehead atoms. The molecule has 0 aliphatic carbocycles. The van der Waals surface area contributed by atoms with E-state index >= 15 is 0 Å². The molecule has 156 valence electrons. The molecule has 2 rings (SSSR count). The summed E-state index contributed by atoms with van der Waals surface area (Å²) in [5.74, 6) is -0.445. The molecule has 0 aromatic heterocycles. The Bertz CT molecular complexity index is 789. The molecule has 8 heteroatoms. The highest BCUT2D eigenvalue weighted by molar-refractivity contribution is 6.36. The molecular formula is C21H22Cl4N2O2. The number of carbonyl (C=O) groups excluding carboxylic acids is 2. The van der Waals surface area contributed by atoms with Gasteiger partial charge in [-0.2, -0.15) is 0 Å². The lowest BCUT2D eigenvalue weighted by Gasteiger charge is -2.08. The van der Waals surface area contributed by atoms with E-state index in [4.69, 9.17) is 46.4 Å². The Morgan fingerprint density at radius 1 is 0.621 bits per heavy atom. The van der Waals surface area contributed by atoms with E-state index in [0.29, 0.717) is 44.3 Å². The van der Waals surface area contributed by atoms with E-state index in [2.05, 4.69) is 10.6 Å². The predicted molar refractivity (Wildman–Crippen MR) is 121 cm³/mol. The number of nitrogens with one attached hydrogen (secondary N) is 2. The van der Waals surface area contributed by atoms with Gasteiger partial charge in [-0.1, -0.05) is 65.7 Å². The molecule has 0 spiro atoms. The van der Waals surface area contributed by atoms with Gasteiger partial charge in [-0.3, -0.25) is 9.59 Å². The molecule has 0 atom stereocenters. The first-order chi connectivity index (χ1) is 13.9. The lowest BCUT2D eigenvalue weighted by Crippen LogP contribution is -2.25. The average molecular weight is 476 g/mol. The Hall–Kier alpha value is -1.46. The van der Waals surface area contributed by atoms with Gasteiger partial charge in [0.15, 0.2) is 0 Å². The molecule has 0 fully saturated rings. The zero-order valence-electron chi connectivity index (χ0n) is 15.7. The van der Waals surface area contributed by atoms with Crippen molar-refractivity contribution in [2.75, 3.05) is 13.1 Å². The third kappa shape index (κ3) is 8.06. The van der Waals surface area contributed by atoms with E-state index in [0.717, 1.165) is 32.1 Å². The lowest BCUT2D eigenvalue weighted by molar-refractivity contribution is 0.0945. The zero-order chi connectivity index (χ0) is 21.2. The summed E-state index contributed by atoms with van der Waals surface area (Å²) in [6.45, 7) is 1.15. The first kappa shape index (κ1) is 23.8. The van der Waals surface area contributed by atoms with E-state index in [9.17, 15) is 9.59 Å². The van der Waals surface area contributed by atoms with Gasteiger partial charge in [0, 0.05) is 23.1 Å². The van der Waals surface area contributed by atoms with Crippen LogP contribution >= 0.6 is 46.4 Å². The number of hydrogen-bond donors (Lipinski definition) is 2. The Balaban J connectivity index is 1.55. The van der Waals surface area contributed by atoms with Gasteiger partial charge < -0.3 is 10.6 Å². The van der Waals surface area contributed by atoms with Gasteiger partial charge in [0.25, 0.3) is 11.8 Å². The normalized spacial score (nSPS) is 10.6. The van der Waals surface area contributed by atoms with Gasteiger partial charge in [0.1, 0.15) is 0 Å². The molecule has 0 aliphatic rings. The first-order valence-electron chi connectivity index (χ1n) is 9.35. The van der Waals surface area contributed by atoms with Crippen LogP contribution in [0.15, 0.2) is 36.4 Å². The second-order valence-electron chi connectivity index (χ2n) is 6.53. The highest BCUT2D eigenvalue weighted by Gasteiger charge is 2.11. The van der Waals surface area contributed by atoms with Gasteiger partial charge in [0.05, 0.1) is 21.2 Å². The number of halogens is 4. The number of carbonyl (C=O) groups is 2. The van der Waals surface area contributed by atoms with Crippen molar-refractivity contribution < 1.29 is 9.59 Å². The highest BCUT2D eigenvalue weighted by atomic mass is 35.5. The molecule has 0 unspecified atom stereocenters. The van der Waals surface area contributed by atoms with Crippen molar-refractivity contribution in [3.05, 3.63) is 67.6 Å². The van der Waals surface area contributed by atoms with E-state index in [1.807, 2.05) is 0 Å². The topological polar surface area (TPSA) is 58.2 Å². The smallest absolute Gasteiger partial charge is 0.252 e.